The zero-order chi connectivity index (χ0) is 8.97. The number of hydrogen-bond acceptors (Lipinski definition) is 4. The van der Waals surface area contributed by atoms with Gasteiger partial charge >= 0.3 is 0 Å². The van der Waals surface area contributed by atoms with E-state index in [-0.39, 0.29) is 18.3 Å². The van der Waals surface area contributed by atoms with E-state index in [0.717, 1.165) is 12.2 Å². The number of thiol groups is 1. The lowest BCUT2D eigenvalue weighted by molar-refractivity contribution is -0.138. The van der Waals surface area contributed by atoms with Crippen LogP contribution in [0.15, 0.2) is 0 Å². The van der Waals surface area contributed by atoms with Gasteiger partial charge < -0.3 is 14.2 Å². The van der Waals surface area contributed by atoms with Gasteiger partial charge in [0.05, 0.1) is 18.8 Å². The predicted octanol–water partition coefficient (Wildman–Crippen LogP) is 0.735. The Bertz CT molecular complexity index is 131. The second-order valence-corrected chi connectivity index (χ2v) is 3.29. The van der Waals surface area contributed by atoms with Gasteiger partial charge in [-0.25, -0.2) is 0 Å². The van der Waals surface area contributed by atoms with Gasteiger partial charge in [0.25, 0.3) is 0 Å². The van der Waals surface area contributed by atoms with Gasteiger partial charge in [0.15, 0.2) is 0 Å². The molecule has 3 unspecified atom stereocenters. The molecular formula is C8H16O3S. The van der Waals surface area contributed by atoms with Crippen molar-refractivity contribution in [2.45, 2.75) is 24.7 Å². The number of rotatable bonds is 3. The van der Waals surface area contributed by atoms with Gasteiger partial charge in [-0.15, -0.1) is 0 Å². The van der Waals surface area contributed by atoms with Crippen molar-refractivity contribution in [2.24, 2.45) is 0 Å². The second kappa shape index (κ2) is 5.07. The second-order valence-electron chi connectivity index (χ2n) is 2.92. The molecule has 72 valence electrons. The average molecular weight is 192 g/mol. The highest BCUT2D eigenvalue weighted by atomic mass is 32.1. The van der Waals surface area contributed by atoms with Gasteiger partial charge in [0.1, 0.15) is 6.10 Å². The Hall–Kier alpha value is 0.230. The smallest absolute Gasteiger partial charge is 0.107 e. The Labute approximate surface area is 78.8 Å². The maximum absolute atomic E-state index is 5.48. The Kier molecular flexibility index (Phi) is 4.35. The third kappa shape index (κ3) is 2.36. The van der Waals surface area contributed by atoms with Gasteiger partial charge in [-0.3, -0.25) is 0 Å². The summed E-state index contributed by atoms with van der Waals surface area (Å²) in [4.78, 5) is 0. The molecule has 1 heterocycles. The minimum Gasteiger partial charge on any atom is -0.379 e. The first-order chi connectivity index (χ1) is 5.81. The molecule has 1 rings (SSSR count). The molecule has 0 aromatic heterocycles. The van der Waals surface area contributed by atoms with E-state index in [1.807, 2.05) is 0 Å². The zero-order valence-electron chi connectivity index (χ0n) is 7.53. The molecule has 4 heteroatoms. The molecule has 1 fully saturated rings. The van der Waals surface area contributed by atoms with Crippen molar-refractivity contribution in [1.82, 2.24) is 0 Å². The van der Waals surface area contributed by atoms with E-state index in [1.165, 1.54) is 0 Å². The van der Waals surface area contributed by atoms with Gasteiger partial charge in [-0.05, 0) is 0 Å². The number of methoxy groups -OCH3 is 2. The molecule has 1 aliphatic heterocycles. The lowest BCUT2D eigenvalue weighted by atomic mass is 10.0. The van der Waals surface area contributed by atoms with Crippen LogP contribution in [-0.2, 0) is 14.2 Å². The highest BCUT2D eigenvalue weighted by molar-refractivity contribution is 7.80. The first-order valence-electron chi connectivity index (χ1n) is 4.09. The summed E-state index contributed by atoms with van der Waals surface area (Å²) in [6.07, 6.45) is 1.31. The van der Waals surface area contributed by atoms with E-state index >= 15 is 0 Å². The van der Waals surface area contributed by atoms with Crippen LogP contribution in [0.5, 0.6) is 0 Å². The summed E-state index contributed by atoms with van der Waals surface area (Å²) in [5, 5.41) is 0. The molecule has 0 spiro atoms. The van der Waals surface area contributed by atoms with Crippen LogP contribution in [0.2, 0.25) is 0 Å². The normalized spacial score (nSPS) is 36.8. The largest absolute Gasteiger partial charge is 0.379 e. The maximum Gasteiger partial charge on any atom is 0.107 e. The predicted molar refractivity (Wildman–Crippen MR) is 49.8 cm³/mol. The zero-order valence-corrected chi connectivity index (χ0v) is 8.42. The molecule has 0 N–H and O–H groups in total. The van der Waals surface area contributed by atoms with Crippen LogP contribution in [0.1, 0.15) is 6.42 Å². The average Bonchev–Trinajstić information content (AvgIpc) is 2.16. The van der Waals surface area contributed by atoms with E-state index in [4.69, 9.17) is 14.2 Å². The van der Waals surface area contributed by atoms with E-state index in [9.17, 15) is 0 Å². The molecular weight excluding hydrogens is 176 g/mol. The van der Waals surface area contributed by atoms with Crippen molar-refractivity contribution >= 4 is 12.6 Å². The Balaban J connectivity index is 2.41. The molecule has 0 radical (unpaired) electrons. The highest BCUT2D eigenvalue weighted by Crippen LogP contribution is 2.19. The third-order valence-corrected chi connectivity index (χ3v) is 2.62. The summed E-state index contributed by atoms with van der Waals surface area (Å²) in [6, 6.07) is 0. The summed E-state index contributed by atoms with van der Waals surface area (Å²) in [7, 11) is 3.39. The van der Waals surface area contributed by atoms with Gasteiger partial charge in [-0.2, -0.15) is 12.6 Å². The van der Waals surface area contributed by atoms with Crippen LogP contribution >= 0.6 is 12.6 Å². The topological polar surface area (TPSA) is 27.7 Å². The molecule has 0 aliphatic carbocycles. The van der Waals surface area contributed by atoms with Gasteiger partial charge in [-0.1, -0.05) is 0 Å². The summed E-state index contributed by atoms with van der Waals surface area (Å²) in [5.74, 6) is 0.746. The highest BCUT2D eigenvalue weighted by Gasteiger charge is 2.30. The molecule has 3 atom stereocenters. The van der Waals surface area contributed by atoms with Crippen molar-refractivity contribution in [3.8, 4) is 0 Å². The molecule has 1 saturated heterocycles. The quantitative estimate of drug-likeness (QED) is 0.668. The summed E-state index contributed by atoms with van der Waals surface area (Å²) in [5.41, 5.74) is 0. The first-order valence-corrected chi connectivity index (χ1v) is 4.73. The van der Waals surface area contributed by atoms with Crippen molar-refractivity contribution < 1.29 is 14.2 Å². The molecule has 12 heavy (non-hydrogen) atoms. The van der Waals surface area contributed by atoms with Crippen LogP contribution in [0.25, 0.3) is 0 Å². The summed E-state index contributed by atoms with van der Waals surface area (Å²) in [6.45, 7) is 0.611. The SMILES string of the molecule is COC1COC(CS)CC1OC. The number of ether oxygens (including phenoxy) is 3. The van der Waals surface area contributed by atoms with Crippen LogP contribution in [-0.4, -0.2) is 44.9 Å². The standard InChI is InChI=1S/C8H16O3S/c1-9-7-3-6(5-12)11-4-8(7)10-2/h6-8,12H,3-5H2,1-2H3. The van der Waals surface area contributed by atoms with Crippen molar-refractivity contribution in [1.29, 1.82) is 0 Å². The van der Waals surface area contributed by atoms with Crippen LogP contribution in [0, 0.1) is 0 Å². The lowest BCUT2D eigenvalue weighted by Gasteiger charge is -2.33. The van der Waals surface area contributed by atoms with E-state index in [1.54, 1.807) is 14.2 Å². The van der Waals surface area contributed by atoms with E-state index in [0.29, 0.717) is 6.61 Å². The fourth-order valence-corrected chi connectivity index (χ4v) is 1.67. The molecule has 0 aromatic rings. The molecule has 0 aromatic carbocycles. The summed E-state index contributed by atoms with van der Waals surface area (Å²) >= 11 is 4.18. The van der Waals surface area contributed by atoms with Crippen LogP contribution in [0.3, 0.4) is 0 Å². The van der Waals surface area contributed by atoms with Crippen LogP contribution < -0.4 is 0 Å². The minimum absolute atomic E-state index is 0.0751. The Morgan fingerprint density at radius 2 is 2.00 bits per heavy atom. The Morgan fingerprint density at radius 3 is 2.50 bits per heavy atom. The molecule has 0 amide bonds. The number of hydrogen-bond donors (Lipinski definition) is 1. The molecule has 1 aliphatic rings. The van der Waals surface area contributed by atoms with E-state index in [2.05, 4.69) is 12.6 Å². The van der Waals surface area contributed by atoms with Crippen molar-refractivity contribution in [2.75, 3.05) is 26.6 Å². The maximum atomic E-state index is 5.48. The molecule has 0 bridgehead atoms. The van der Waals surface area contributed by atoms with Crippen molar-refractivity contribution in [3.05, 3.63) is 0 Å². The fourth-order valence-electron chi connectivity index (χ4n) is 1.41. The monoisotopic (exact) mass is 192 g/mol. The third-order valence-electron chi connectivity index (χ3n) is 2.22. The summed E-state index contributed by atoms with van der Waals surface area (Å²) < 4.78 is 16.0. The Morgan fingerprint density at radius 1 is 1.33 bits per heavy atom. The van der Waals surface area contributed by atoms with Crippen molar-refractivity contribution in [3.63, 3.8) is 0 Å². The molecule has 3 nitrogen and oxygen atoms in total. The first kappa shape index (κ1) is 10.3. The lowest BCUT2D eigenvalue weighted by Crippen LogP contribution is -2.44. The molecule has 0 saturated carbocycles. The van der Waals surface area contributed by atoms with Crippen LogP contribution in [0.4, 0.5) is 0 Å². The minimum atomic E-state index is 0.0751. The van der Waals surface area contributed by atoms with Gasteiger partial charge in [0, 0.05) is 26.4 Å². The van der Waals surface area contributed by atoms with E-state index < -0.39 is 0 Å². The van der Waals surface area contributed by atoms with Gasteiger partial charge in [0.2, 0.25) is 0 Å². The fraction of sp³-hybridized carbons (Fsp3) is 1.00.